The molecule has 0 aliphatic heterocycles. The third kappa shape index (κ3) is 10.8. The summed E-state index contributed by atoms with van der Waals surface area (Å²) in [5.74, 6) is -2.23. The predicted molar refractivity (Wildman–Crippen MR) is 234 cm³/mol. The Kier molecular flexibility index (Phi) is 15.0. The van der Waals surface area contributed by atoms with Crippen molar-refractivity contribution in [2.24, 2.45) is 14.1 Å². The third-order valence-corrected chi connectivity index (χ3v) is 15.8. The lowest BCUT2D eigenvalue weighted by Crippen LogP contribution is -2.37. The second kappa shape index (κ2) is 20.1. The number of likely N-dealkylation sites (N-methyl/N-ethyl adjacent to an activating group) is 2. The number of carbonyl (C=O) groups excluding carboxylic acids is 6. The molecule has 0 saturated carbocycles. The molecule has 2 amide bonds. The normalized spacial score (nSPS) is 14.5. The first-order chi connectivity index (χ1) is 30.3. The molecular weight excluding hydrogens is 861 g/mol. The largest absolute Gasteiger partial charge is 0.373 e. The molecule has 2 aromatic heterocycles. The van der Waals surface area contributed by atoms with E-state index in [0.29, 0.717) is 6.54 Å². The summed E-state index contributed by atoms with van der Waals surface area (Å²) in [5, 5.41) is 7.68. The second-order valence-corrected chi connectivity index (χ2v) is 21.1. The van der Waals surface area contributed by atoms with Gasteiger partial charge in [0.05, 0.1) is 0 Å². The van der Waals surface area contributed by atoms with Crippen LogP contribution in [0.25, 0.3) is 0 Å². The molecule has 8 rings (SSSR count). The SMILES string of the molecule is CC(=O)N(C)CCN(C)C(=O)c1cc(S(=O)(=O)CC(=O)Cc2c3c(cc4c2CCC4)CCC3)nn1C.Cn1ccc(S(=O)(=O)CC(=O)Cc2c3c(cc4c2CCC4)CCC3)n1.O=C=O. The maximum Gasteiger partial charge on any atom is 0.373 e. The van der Waals surface area contributed by atoms with Gasteiger partial charge in [0.15, 0.2) is 21.6 Å². The van der Waals surface area contributed by atoms with Gasteiger partial charge < -0.3 is 9.80 Å². The maximum absolute atomic E-state index is 13.1. The lowest BCUT2D eigenvalue weighted by atomic mass is 9.91. The van der Waals surface area contributed by atoms with E-state index in [1.54, 1.807) is 27.3 Å². The fourth-order valence-electron chi connectivity index (χ4n) is 9.47. The Morgan fingerprint density at radius 1 is 0.625 bits per heavy atom. The molecular formula is C46H56N6O10S2. The highest BCUT2D eigenvalue weighted by Gasteiger charge is 2.31. The predicted octanol–water partition coefficient (Wildman–Crippen LogP) is 2.93. The van der Waals surface area contributed by atoms with Gasteiger partial charge in [-0.2, -0.15) is 19.8 Å². The first-order valence-electron chi connectivity index (χ1n) is 21.6. The lowest BCUT2D eigenvalue weighted by Gasteiger charge is -2.21. The van der Waals surface area contributed by atoms with Gasteiger partial charge in [0.25, 0.3) is 5.91 Å². The van der Waals surface area contributed by atoms with E-state index in [1.807, 2.05) is 0 Å². The number of amides is 2. The van der Waals surface area contributed by atoms with Crippen molar-refractivity contribution in [2.45, 2.75) is 107 Å². The minimum Gasteiger partial charge on any atom is -0.344 e. The minimum absolute atomic E-state index is 0.0214. The topological polar surface area (TPSA) is 213 Å². The summed E-state index contributed by atoms with van der Waals surface area (Å²) in [4.78, 5) is 69.0. The summed E-state index contributed by atoms with van der Waals surface area (Å²) in [7, 11) is -1.29. The summed E-state index contributed by atoms with van der Waals surface area (Å²) in [6, 6.07) is 7.29. The number of benzene rings is 2. The van der Waals surface area contributed by atoms with Crippen LogP contribution in [0.5, 0.6) is 0 Å². The highest BCUT2D eigenvalue weighted by Crippen LogP contribution is 2.37. The Labute approximate surface area is 374 Å². The van der Waals surface area contributed by atoms with Crippen LogP contribution >= 0.6 is 0 Å². The van der Waals surface area contributed by atoms with Gasteiger partial charge in [-0.05, 0) is 139 Å². The minimum atomic E-state index is -4.01. The van der Waals surface area contributed by atoms with Crippen LogP contribution in [-0.4, -0.2) is 114 Å². The van der Waals surface area contributed by atoms with Crippen LogP contribution in [0.3, 0.4) is 0 Å². The molecule has 2 aromatic carbocycles. The number of hydrogen-bond acceptors (Lipinski definition) is 12. The van der Waals surface area contributed by atoms with Gasteiger partial charge in [-0.3, -0.25) is 28.5 Å². The molecule has 0 unspecified atom stereocenters. The molecule has 2 heterocycles. The van der Waals surface area contributed by atoms with Crippen molar-refractivity contribution >= 4 is 49.2 Å². The molecule has 0 radical (unpaired) electrons. The number of carbonyl (C=O) groups is 4. The molecule has 4 aromatic rings. The van der Waals surface area contributed by atoms with Crippen molar-refractivity contribution in [3.05, 3.63) is 91.8 Å². The van der Waals surface area contributed by atoms with Gasteiger partial charge in [-0.25, -0.2) is 16.8 Å². The number of fused-ring (bicyclic) bond motifs is 4. The van der Waals surface area contributed by atoms with Crippen LogP contribution in [0.2, 0.25) is 0 Å². The van der Waals surface area contributed by atoms with Crippen molar-refractivity contribution < 1.29 is 45.6 Å². The first-order valence-corrected chi connectivity index (χ1v) is 24.9. The number of aryl methyl sites for hydroxylation is 6. The molecule has 0 fully saturated rings. The number of Topliss-reactive ketones (excluding diaryl/α,β-unsaturated/α-hetero) is 2. The summed E-state index contributed by atoms with van der Waals surface area (Å²) >= 11 is 0. The van der Waals surface area contributed by atoms with Gasteiger partial charge in [0, 0.05) is 73.3 Å². The van der Waals surface area contributed by atoms with E-state index in [9.17, 15) is 36.0 Å². The van der Waals surface area contributed by atoms with Crippen molar-refractivity contribution in [2.75, 3.05) is 38.7 Å². The number of hydrogen-bond donors (Lipinski definition) is 0. The van der Waals surface area contributed by atoms with E-state index in [1.165, 1.54) is 89.8 Å². The van der Waals surface area contributed by atoms with Crippen LogP contribution in [0.1, 0.15) is 98.7 Å². The first kappa shape index (κ1) is 47.9. The number of nitrogens with zero attached hydrogens (tertiary/aromatic N) is 6. The van der Waals surface area contributed by atoms with Crippen LogP contribution in [0.15, 0.2) is 40.5 Å². The average Bonchev–Trinajstić information content (AvgIpc) is 4.09. The zero-order valence-electron chi connectivity index (χ0n) is 37.2. The van der Waals surface area contributed by atoms with E-state index >= 15 is 0 Å². The van der Waals surface area contributed by atoms with Crippen molar-refractivity contribution in [3.8, 4) is 0 Å². The molecule has 4 aliphatic carbocycles. The summed E-state index contributed by atoms with van der Waals surface area (Å²) in [5.41, 5.74) is 12.8. The van der Waals surface area contributed by atoms with Crippen LogP contribution < -0.4 is 0 Å². The third-order valence-electron chi connectivity index (χ3n) is 12.7. The van der Waals surface area contributed by atoms with E-state index in [2.05, 4.69) is 22.3 Å². The van der Waals surface area contributed by atoms with Crippen molar-refractivity contribution in [3.63, 3.8) is 0 Å². The molecule has 0 N–H and O–H groups in total. The standard InChI is InChI=1S/C26H34N4O5S.C19H22N2O3S.CO2/c1-17(31)28(2)11-12-29(3)26(33)24-15-25(27-30(24)4)36(34,35)16-20(32)14-23-21-9-5-7-18(21)13-19-8-6-10-22(19)23;1-21-9-8-19(20-21)25(23,24)12-15(22)11-18-16-6-2-4-13(16)10-14-5-3-7-17(14)18;2-1-3/h13,15H,5-12,14,16H2,1-4H3;8-10H,2-7,11-12H2,1H3;. The quantitative estimate of drug-likeness (QED) is 0.179. The molecule has 0 atom stereocenters. The molecule has 0 bridgehead atoms. The molecule has 16 nitrogen and oxygen atoms in total. The summed E-state index contributed by atoms with van der Waals surface area (Å²) in [6.07, 6.45) is 14.7. The molecule has 4 aliphatic rings. The Hall–Kier alpha value is -5.58. The van der Waals surface area contributed by atoms with Gasteiger partial charge in [-0.1, -0.05) is 12.1 Å². The van der Waals surface area contributed by atoms with Crippen LogP contribution in [-0.2, 0) is 122 Å². The van der Waals surface area contributed by atoms with Crippen molar-refractivity contribution in [1.82, 2.24) is 29.4 Å². The highest BCUT2D eigenvalue weighted by atomic mass is 32.2. The molecule has 64 heavy (non-hydrogen) atoms. The Morgan fingerprint density at radius 3 is 1.42 bits per heavy atom. The lowest BCUT2D eigenvalue weighted by molar-refractivity contribution is -0.191. The molecule has 0 saturated heterocycles. The zero-order valence-corrected chi connectivity index (χ0v) is 38.8. The van der Waals surface area contributed by atoms with Gasteiger partial charge in [-0.15, -0.1) is 0 Å². The van der Waals surface area contributed by atoms with E-state index in [-0.39, 0.29) is 58.8 Å². The average molecular weight is 917 g/mol. The fraction of sp³-hybridized carbons (Fsp3) is 0.500. The number of sulfone groups is 2. The summed E-state index contributed by atoms with van der Waals surface area (Å²) < 4.78 is 53.7. The van der Waals surface area contributed by atoms with Crippen LogP contribution in [0.4, 0.5) is 0 Å². The smallest absolute Gasteiger partial charge is 0.344 e. The van der Waals surface area contributed by atoms with Crippen molar-refractivity contribution in [1.29, 1.82) is 0 Å². The van der Waals surface area contributed by atoms with Gasteiger partial charge >= 0.3 is 6.15 Å². The Balaban J connectivity index is 0.000000211. The van der Waals surface area contributed by atoms with Gasteiger partial charge in [0.2, 0.25) is 25.6 Å². The molecule has 342 valence electrons. The second-order valence-electron chi connectivity index (χ2n) is 17.2. The zero-order chi connectivity index (χ0) is 46.5. The molecule has 0 spiro atoms. The monoisotopic (exact) mass is 916 g/mol. The van der Waals surface area contributed by atoms with E-state index in [0.717, 1.165) is 88.2 Å². The van der Waals surface area contributed by atoms with E-state index in [4.69, 9.17) is 9.59 Å². The number of ketones is 2. The van der Waals surface area contributed by atoms with E-state index < -0.39 is 37.1 Å². The highest BCUT2D eigenvalue weighted by molar-refractivity contribution is 7.92. The Bertz CT molecular complexity index is 2680. The Morgan fingerprint density at radius 2 is 1.03 bits per heavy atom. The van der Waals surface area contributed by atoms with Crippen LogP contribution in [0, 0.1) is 0 Å². The summed E-state index contributed by atoms with van der Waals surface area (Å²) in [6.45, 7) is 2.08. The molecule has 18 heteroatoms. The number of rotatable bonds is 14. The fourth-order valence-corrected chi connectivity index (χ4v) is 11.9. The maximum atomic E-state index is 13.1. The number of aromatic nitrogens is 4. The van der Waals surface area contributed by atoms with Gasteiger partial charge in [0.1, 0.15) is 17.2 Å².